The Kier molecular flexibility index (Phi) is 5.55. The highest BCUT2D eigenvalue weighted by molar-refractivity contribution is 5.82. The van der Waals surface area contributed by atoms with Gasteiger partial charge >= 0.3 is 5.97 Å². The maximum atomic E-state index is 11.7. The molecule has 4 nitrogen and oxygen atoms in total. The standard InChI is InChI=1S/C15H21NO3/c1-11(2)9-14(15(18)19)16(12(3)17)10-13-7-5-4-6-8-13/h4-8,11,14H,9-10H2,1-3H3,(H,18,19). The van der Waals surface area contributed by atoms with E-state index in [-0.39, 0.29) is 11.8 Å². The average Bonchev–Trinajstić information content (AvgIpc) is 2.34. The SMILES string of the molecule is CC(=O)N(Cc1ccccc1)C(CC(C)C)C(=O)O. The first-order valence-corrected chi connectivity index (χ1v) is 6.45. The maximum absolute atomic E-state index is 11.7. The van der Waals surface area contributed by atoms with Gasteiger partial charge in [-0.15, -0.1) is 0 Å². The normalized spacial score (nSPS) is 12.2. The van der Waals surface area contributed by atoms with E-state index in [0.29, 0.717) is 13.0 Å². The molecular formula is C15H21NO3. The predicted molar refractivity (Wildman–Crippen MR) is 73.5 cm³/mol. The molecule has 0 heterocycles. The summed E-state index contributed by atoms with van der Waals surface area (Å²) in [5.74, 6) is -0.935. The number of carbonyl (C=O) groups excluding carboxylic acids is 1. The third-order valence-electron chi connectivity index (χ3n) is 2.96. The number of amides is 1. The Morgan fingerprint density at radius 3 is 2.21 bits per heavy atom. The van der Waals surface area contributed by atoms with E-state index < -0.39 is 12.0 Å². The van der Waals surface area contributed by atoms with Crippen molar-refractivity contribution in [1.82, 2.24) is 4.90 Å². The fourth-order valence-corrected chi connectivity index (χ4v) is 2.03. The van der Waals surface area contributed by atoms with Gasteiger partial charge in [0.2, 0.25) is 5.91 Å². The van der Waals surface area contributed by atoms with Gasteiger partial charge in [-0.1, -0.05) is 44.2 Å². The number of benzene rings is 1. The van der Waals surface area contributed by atoms with Gasteiger partial charge in [-0.3, -0.25) is 4.79 Å². The second kappa shape index (κ2) is 6.92. The van der Waals surface area contributed by atoms with E-state index in [4.69, 9.17) is 0 Å². The molecule has 1 aromatic carbocycles. The second-order valence-corrected chi connectivity index (χ2v) is 5.12. The monoisotopic (exact) mass is 263 g/mol. The van der Waals surface area contributed by atoms with Gasteiger partial charge in [-0.05, 0) is 17.9 Å². The van der Waals surface area contributed by atoms with E-state index in [1.54, 1.807) is 0 Å². The van der Waals surface area contributed by atoms with E-state index in [1.165, 1.54) is 11.8 Å². The van der Waals surface area contributed by atoms with Crippen molar-refractivity contribution in [1.29, 1.82) is 0 Å². The molecule has 19 heavy (non-hydrogen) atoms. The third kappa shape index (κ3) is 4.73. The zero-order valence-electron chi connectivity index (χ0n) is 11.7. The minimum absolute atomic E-state index is 0.211. The van der Waals surface area contributed by atoms with Crippen molar-refractivity contribution >= 4 is 11.9 Å². The van der Waals surface area contributed by atoms with Gasteiger partial charge in [-0.25, -0.2) is 4.79 Å². The van der Waals surface area contributed by atoms with Crippen LogP contribution in [0.4, 0.5) is 0 Å². The van der Waals surface area contributed by atoms with Crippen LogP contribution in [0.1, 0.15) is 32.8 Å². The largest absolute Gasteiger partial charge is 0.480 e. The van der Waals surface area contributed by atoms with Crippen LogP contribution >= 0.6 is 0 Å². The molecule has 0 fully saturated rings. The van der Waals surface area contributed by atoms with Crippen molar-refractivity contribution in [2.45, 2.75) is 39.8 Å². The smallest absolute Gasteiger partial charge is 0.326 e. The molecular weight excluding hydrogens is 242 g/mol. The van der Waals surface area contributed by atoms with Crippen molar-refractivity contribution < 1.29 is 14.7 Å². The Bertz CT molecular complexity index is 428. The van der Waals surface area contributed by atoms with Crippen LogP contribution in [0.25, 0.3) is 0 Å². The van der Waals surface area contributed by atoms with E-state index >= 15 is 0 Å². The van der Waals surface area contributed by atoms with Gasteiger partial charge in [0, 0.05) is 13.5 Å². The summed E-state index contributed by atoms with van der Waals surface area (Å²) in [6, 6.07) is 8.68. The molecule has 1 unspecified atom stereocenters. The number of carboxylic acid groups (broad SMARTS) is 1. The van der Waals surface area contributed by atoms with Crippen LogP contribution in [0, 0.1) is 5.92 Å². The lowest BCUT2D eigenvalue weighted by Gasteiger charge is -2.29. The molecule has 0 saturated carbocycles. The zero-order chi connectivity index (χ0) is 14.4. The summed E-state index contributed by atoms with van der Waals surface area (Å²) in [6.45, 7) is 5.66. The van der Waals surface area contributed by atoms with Crippen LogP contribution in [-0.4, -0.2) is 27.9 Å². The topological polar surface area (TPSA) is 57.6 Å². The first-order chi connectivity index (χ1) is 8.91. The van der Waals surface area contributed by atoms with Gasteiger partial charge < -0.3 is 10.0 Å². The number of nitrogens with zero attached hydrogens (tertiary/aromatic N) is 1. The number of hydrogen-bond donors (Lipinski definition) is 1. The van der Waals surface area contributed by atoms with Gasteiger partial charge in [-0.2, -0.15) is 0 Å². The zero-order valence-corrected chi connectivity index (χ0v) is 11.7. The minimum Gasteiger partial charge on any atom is -0.480 e. The highest BCUT2D eigenvalue weighted by atomic mass is 16.4. The number of carboxylic acids is 1. The predicted octanol–water partition coefficient (Wildman–Crippen LogP) is 2.53. The second-order valence-electron chi connectivity index (χ2n) is 5.12. The molecule has 0 aliphatic rings. The summed E-state index contributed by atoms with van der Waals surface area (Å²) < 4.78 is 0. The van der Waals surface area contributed by atoms with Crippen molar-refractivity contribution in [3.8, 4) is 0 Å². The average molecular weight is 263 g/mol. The van der Waals surface area contributed by atoms with Crippen LogP contribution < -0.4 is 0 Å². The molecule has 0 spiro atoms. The molecule has 4 heteroatoms. The lowest BCUT2D eigenvalue weighted by atomic mass is 10.0. The van der Waals surface area contributed by atoms with E-state index in [1.807, 2.05) is 44.2 Å². The lowest BCUT2D eigenvalue weighted by Crippen LogP contribution is -2.44. The fraction of sp³-hybridized carbons (Fsp3) is 0.467. The molecule has 104 valence electrons. The quantitative estimate of drug-likeness (QED) is 0.858. The molecule has 1 N–H and O–H groups in total. The summed E-state index contributed by atoms with van der Waals surface area (Å²) >= 11 is 0. The molecule has 0 aliphatic carbocycles. The number of aliphatic carboxylic acids is 1. The highest BCUT2D eigenvalue weighted by Crippen LogP contribution is 2.16. The lowest BCUT2D eigenvalue weighted by molar-refractivity contribution is -0.150. The Hall–Kier alpha value is -1.84. The van der Waals surface area contributed by atoms with Crippen molar-refractivity contribution in [2.75, 3.05) is 0 Å². The fourth-order valence-electron chi connectivity index (χ4n) is 2.03. The molecule has 0 saturated heterocycles. The summed E-state index contributed by atoms with van der Waals surface area (Å²) in [5, 5.41) is 9.33. The summed E-state index contributed by atoms with van der Waals surface area (Å²) in [5.41, 5.74) is 0.938. The molecule has 1 aromatic rings. The van der Waals surface area contributed by atoms with Crippen molar-refractivity contribution in [2.24, 2.45) is 5.92 Å². The van der Waals surface area contributed by atoms with E-state index in [9.17, 15) is 14.7 Å². The first kappa shape index (κ1) is 15.2. The Balaban J connectivity index is 2.91. The Labute approximate surface area is 114 Å². The van der Waals surface area contributed by atoms with Crippen LogP contribution in [-0.2, 0) is 16.1 Å². The summed E-state index contributed by atoms with van der Waals surface area (Å²) in [6.07, 6.45) is 0.460. The van der Waals surface area contributed by atoms with Crippen molar-refractivity contribution in [3.05, 3.63) is 35.9 Å². The first-order valence-electron chi connectivity index (χ1n) is 6.45. The summed E-state index contributed by atoms with van der Waals surface area (Å²) in [4.78, 5) is 24.5. The molecule has 0 bridgehead atoms. The van der Waals surface area contributed by atoms with Gasteiger partial charge in [0.1, 0.15) is 6.04 Å². The maximum Gasteiger partial charge on any atom is 0.326 e. The van der Waals surface area contributed by atoms with E-state index in [0.717, 1.165) is 5.56 Å². The molecule has 0 radical (unpaired) electrons. The van der Waals surface area contributed by atoms with Gasteiger partial charge in [0.25, 0.3) is 0 Å². The molecule has 0 aliphatic heterocycles. The van der Waals surface area contributed by atoms with Crippen LogP contribution in [0.5, 0.6) is 0 Å². The Morgan fingerprint density at radius 1 is 1.21 bits per heavy atom. The van der Waals surface area contributed by atoms with Crippen LogP contribution in [0.15, 0.2) is 30.3 Å². The number of rotatable bonds is 6. The minimum atomic E-state index is -0.945. The highest BCUT2D eigenvalue weighted by Gasteiger charge is 2.28. The van der Waals surface area contributed by atoms with Crippen molar-refractivity contribution in [3.63, 3.8) is 0 Å². The van der Waals surface area contributed by atoms with Gasteiger partial charge in [0.05, 0.1) is 0 Å². The molecule has 1 atom stereocenters. The van der Waals surface area contributed by atoms with Crippen LogP contribution in [0.3, 0.4) is 0 Å². The summed E-state index contributed by atoms with van der Waals surface area (Å²) in [7, 11) is 0. The molecule has 1 amide bonds. The Morgan fingerprint density at radius 2 is 1.79 bits per heavy atom. The molecule has 1 rings (SSSR count). The van der Waals surface area contributed by atoms with Gasteiger partial charge in [0.15, 0.2) is 0 Å². The van der Waals surface area contributed by atoms with E-state index in [2.05, 4.69) is 0 Å². The van der Waals surface area contributed by atoms with Crippen LogP contribution in [0.2, 0.25) is 0 Å². The molecule has 0 aromatic heterocycles. The number of carbonyl (C=O) groups is 2. The third-order valence-corrected chi connectivity index (χ3v) is 2.96. The number of hydrogen-bond acceptors (Lipinski definition) is 2.